The first kappa shape index (κ1) is 7.71. The van der Waals surface area contributed by atoms with E-state index >= 15 is 0 Å². The Bertz CT molecular complexity index is 171. The lowest BCUT2D eigenvalue weighted by Crippen LogP contribution is -2.08. The van der Waals surface area contributed by atoms with E-state index in [2.05, 4.69) is 21.1 Å². The third-order valence-electron chi connectivity index (χ3n) is 1.13. The van der Waals surface area contributed by atoms with Gasteiger partial charge >= 0.3 is 0 Å². The van der Waals surface area contributed by atoms with Gasteiger partial charge in [0.05, 0.1) is 6.42 Å². The van der Waals surface area contributed by atoms with Crippen LogP contribution in [-0.4, -0.2) is 24.9 Å². The molecule has 0 aromatic carbocycles. The van der Waals surface area contributed by atoms with Gasteiger partial charge in [0, 0.05) is 25.4 Å². The van der Waals surface area contributed by atoms with E-state index in [0.29, 0.717) is 6.42 Å². The van der Waals surface area contributed by atoms with Gasteiger partial charge in [-0.2, -0.15) is 10.2 Å². The summed E-state index contributed by atoms with van der Waals surface area (Å²) in [4.78, 5) is 10.0. The van der Waals surface area contributed by atoms with E-state index in [9.17, 15) is 4.79 Å². The van der Waals surface area contributed by atoms with E-state index in [1.54, 1.807) is 6.21 Å². The summed E-state index contributed by atoms with van der Waals surface area (Å²) in [6.07, 6.45) is 4.96. The number of nitrogens with zero attached hydrogens (tertiary/aromatic N) is 2. The van der Waals surface area contributed by atoms with Crippen molar-refractivity contribution in [2.24, 2.45) is 10.2 Å². The fraction of sp³-hybridized carbons (Fsp3) is 0.500. The molecule has 0 aromatic rings. The van der Waals surface area contributed by atoms with Crippen molar-refractivity contribution < 1.29 is 4.79 Å². The zero-order valence-corrected chi connectivity index (χ0v) is 6.08. The van der Waals surface area contributed by atoms with Crippen molar-refractivity contribution in [2.75, 3.05) is 6.54 Å². The van der Waals surface area contributed by atoms with Crippen LogP contribution < -0.4 is 10.9 Å². The van der Waals surface area contributed by atoms with Gasteiger partial charge in [-0.25, -0.2) is 5.43 Å². The van der Waals surface area contributed by atoms with Crippen LogP contribution in [0.5, 0.6) is 0 Å². The average Bonchev–Trinajstić information content (AvgIpc) is 2.57. The predicted molar refractivity (Wildman–Crippen MR) is 42.4 cm³/mol. The summed E-state index contributed by atoms with van der Waals surface area (Å²) in [5.41, 5.74) is 5.04. The Morgan fingerprint density at radius 3 is 2.45 bits per heavy atom. The molecule has 2 rings (SSSR count). The first-order valence-corrected chi connectivity index (χ1v) is 3.44. The third-order valence-corrected chi connectivity index (χ3v) is 1.13. The lowest BCUT2D eigenvalue weighted by Gasteiger charge is -1.77. The molecule has 0 fully saturated rings. The van der Waals surface area contributed by atoms with Gasteiger partial charge in [-0.05, 0) is 0 Å². The normalized spacial score (nSPS) is 18.7. The molecule has 2 aliphatic rings. The van der Waals surface area contributed by atoms with E-state index in [1.165, 1.54) is 0 Å². The minimum absolute atomic E-state index is 0.0185. The first-order chi connectivity index (χ1) is 5.39. The van der Waals surface area contributed by atoms with Crippen LogP contribution >= 0.6 is 0 Å². The molecule has 0 radical (unpaired) electrons. The topological polar surface area (TPSA) is 65.8 Å². The first-order valence-electron chi connectivity index (χ1n) is 3.44. The van der Waals surface area contributed by atoms with Gasteiger partial charge < -0.3 is 5.43 Å². The molecule has 0 saturated heterocycles. The van der Waals surface area contributed by atoms with Crippen LogP contribution in [-0.2, 0) is 4.79 Å². The van der Waals surface area contributed by atoms with Crippen molar-refractivity contribution in [2.45, 2.75) is 12.8 Å². The highest BCUT2D eigenvalue weighted by molar-refractivity contribution is 5.93. The average molecular weight is 154 g/mol. The number of carbonyl (C=O) groups is 1. The summed E-state index contributed by atoms with van der Waals surface area (Å²) in [7, 11) is 0. The number of carbonyl (C=O) groups excluding carboxylic acids is 1. The second-order valence-electron chi connectivity index (χ2n) is 2.06. The summed E-state index contributed by atoms with van der Waals surface area (Å²) < 4.78 is 0. The molecule has 0 bridgehead atoms. The maximum absolute atomic E-state index is 10.0. The number of hydrogen-bond acceptors (Lipinski definition) is 4. The van der Waals surface area contributed by atoms with Gasteiger partial charge in [0.25, 0.3) is 0 Å². The number of hydrazone groups is 2. The highest BCUT2D eigenvalue weighted by Gasteiger charge is 1.99. The molecule has 2 aliphatic heterocycles. The molecule has 2 heterocycles. The highest BCUT2D eigenvalue weighted by atomic mass is 16.2. The number of rotatable bonds is 0. The van der Waals surface area contributed by atoms with Crippen LogP contribution in [0.15, 0.2) is 10.2 Å². The Morgan fingerprint density at radius 1 is 1.36 bits per heavy atom. The third kappa shape index (κ3) is 3.34. The van der Waals surface area contributed by atoms with Crippen LogP contribution in [0.1, 0.15) is 12.8 Å². The lowest BCUT2D eigenvalue weighted by molar-refractivity contribution is -0.119. The zero-order valence-electron chi connectivity index (χ0n) is 6.08. The standard InChI is InChI=1S/C3H4N2O.C3H6N2/c6-3-1-2-4-5-3;1-2-4-5-3-1/h2H,1H2,(H,5,6);2,5H,1,3H2. The largest absolute Gasteiger partial charge is 0.310 e. The minimum atomic E-state index is -0.0185. The quantitative estimate of drug-likeness (QED) is 0.492. The smallest absolute Gasteiger partial charge is 0.245 e. The van der Waals surface area contributed by atoms with Crippen molar-refractivity contribution in [1.82, 2.24) is 10.9 Å². The van der Waals surface area contributed by atoms with Gasteiger partial charge in [0.15, 0.2) is 0 Å². The summed E-state index contributed by atoms with van der Waals surface area (Å²) in [5.74, 6) is -0.0185. The molecule has 2 N–H and O–H groups in total. The predicted octanol–water partition coefficient (Wildman–Crippen LogP) is -0.542. The molecule has 5 nitrogen and oxygen atoms in total. The Labute approximate surface area is 64.6 Å². The maximum atomic E-state index is 10.0. The molecular formula is C6H10N4O. The summed E-state index contributed by atoms with van der Waals surface area (Å²) in [6.45, 7) is 1.03. The van der Waals surface area contributed by atoms with E-state index < -0.39 is 0 Å². The molecule has 5 heteroatoms. The molecule has 0 aromatic heterocycles. The van der Waals surface area contributed by atoms with Crippen molar-refractivity contribution in [3.8, 4) is 0 Å². The number of nitrogens with one attached hydrogen (secondary N) is 2. The second-order valence-corrected chi connectivity index (χ2v) is 2.06. The maximum Gasteiger partial charge on any atom is 0.245 e. The second kappa shape index (κ2) is 4.43. The monoisotopic (exact) mass is 154 g/mol. The summed E-state index contributed by atoms with van der Waals surface area (Å²) in [5, 5.41) is 7.15. The summed E-state index contributed by atoms with van der Waals surface area (Å²) >= 11 is 0. The van der Waals surface area contributed by atoms with Crippen molar-refractivity contribution in [3.63, 3.8) is 0 Å². The van der Waals surface area contributed by atoms with Crippen molar-refractivity contribution in [1.29, 1.82) is 0 Å². The molecule has 11 heavy (non-hydrogen) atoms. The van der Waals surface area contributed by atoms with Gasteiger partial charge in [-0.15, -0.1) is 0 Å². The zero-order chi connectivity index (χ0) is 7.94. The van der Waals surface area contributed by atoms with Gasteiger partial charge in [-0.3, -0.25) is 4.79 Å². The molecular weight excluding hydrogens is 144 g/mol. The molecule has 0 spiro atoms. The molecule has 0 atom stereocenters. The summed E-state index contributed by atoms with van der Waals surface area (Å²) in [6, 6.07) is 0. The van der Waals surface area contributed by atoms with Crippen molar-refractivity contribution in [3.05, 3.63) is 0 Å². The van der Waals surface area contributed by atoms with Crippen LogP contribution in [0.2, 0.25) is 0 Å². The molecule has 0 unspecified atom stereocenters. The van der Waals surface area contributed by atoms with Gasteiger partial charge in [0.1, 0.15) is 0 Å². The molecule has 0 saturated carbocycles. The Hall–Kier alpha value is -1.39. The Morgan fingerprint density at radius 2 is 2.27 bits per heavy atom. The van der Waals surface area contributed by atoms with Gasteiger partial charge in [-0.1, -0.05) is 0 Å². The number of amides is 1. The minimum Gasteiger partial charge on any atom is -0.310 e. The van der Waals surface area contributed by atoms with Crippen LogP contribution in [0, 0.1) is 0 Å². The highest BCUT2D eigenvalue weighted by Crippen LogP contribution is 1.79. The number of hydrogen-bond donors (Lipinski definition) is 2. The van der Waals surface area contributed by atoms with E-state index in [-0.39, 0.29) is 5.91 Å². The fourth-order valence-corrected chi connectivity index (χ4v) is 0.615. The van der Waals surface area contributed by atoms with E-state index in [0.717, 1.165) is 13.0 Å². The van der Waals surface area contributed by atoms with E-state index in [4.69, 9.17) is 0 Å². The van der Waals surface area contributed by atoms with Crippen LogP contribution in [0.25, 0.3) is 0 Å². The van der Waals surface area contributed by atoms with Gasteiger partial charge in [0.2, 0.25) is 5.91 Å². The van der Waals surface area contributed by atoms with Crippen molar-refractivity contribution >= 4 is 18.3 Å². The molecule has 1 amide bonds. The SMILES string of the molecule is C1=NNCC1.O=C1CC=NN1. The fourth-order valence-electron chi connectivity index (χ4n) is 0.615. The van der Waals surface area contributed by atoms with E-state index in [1.807, 2.05) is 6.21 Å². The molecule has 60 valence electrons. The van der Waals surface area contributed by atoms with Crippen LogP contribution in [0.4, 0.5) is 0 Å². The Balaban J connectivity index is 0.000000112. The lowest BCUT2D eigenvalue weighted by atomic mass is 10.5. The van der Waals surface area contributed by atoms with Crippen LogP contribution in [0.3, 0.4) is 0 Å². The Kier molecular flexibility index (Phi) is 3.11. The molecule has 0 aliphatic carbocycles.